The van der Waals surface area contributed by atoms with Crippen molar-refractivity contribution in [2.24, 2.45) is 11.8 Å². The van der Waals surface area contributed by atoms with Crippen molar-refractivity contribution in [3.63, 3.8) is 0 Å². The van der Waals surface area contributed by atoms with Crippen LogP contribution in [0, 0.1) is 18.8 Å². The molecule has 126 valence electrons. The molecule has 2 aliphatic rings. The van der Waals surface area contributed by atoms with E-state index in [1.165, 1.54) is 10.5 Å². The second-order valence-electron chi connectivity index (χ2n) is 6.50. The molecule has 2 unspecified atom stereocenters. The van der Waals surface area contributed by atoms with Crippen molar-refractivity contribution < 1.29 is 14.4 Å². The summed E-state index contributed by atoms with van der Waals surface area (Å²) in [5.74, 6) is -0.846. The quantitative estimate of drug-likeness (QED) is 0.664. The molecule has 3 rings (SSSR count). The van der Waals surface area contributed by atoms with E-state index in [1.807, 2.05) is 43.3 Å². The summed E-state index contributed by atoms with van der Waals surface area (Å²) in [6.45, 7) is 2.64. The van der Waals surface area contributed by atoms with Gasteiger partial charge >= 0.3 is 0 Å². The van der Waals surface area contributed by atoms with Crippen LogP contribution in [0.4, 0.5) is 0 Å². The predicted molar refractivity (Wildman–Crippen MR) is 89.7 cm³/mol. The molecule has 0 bridgehead atoms. The van der Waals surface area contributed by atoms with Gasteiger partial charge in [0.05, 0.1) is 11.8 Å². The van der Waals surface area contributed by atoms with Crippen LogP contribution in [-0.4, -0.2) is 29.2 Å². The number of hydrogen-bond acceptors (Lipinski definition) is 3. The number of hydrogen-bond donors (Lipinski definition) is 1. The predicted octanol–water partition coefficient (Wildman–Crippen LogP) is 1.95. The molecule has 5 heteroatoms. The molecule has 2 atom stereocenters. The SMILES string of the molecule is Cc1ccc(CNC(=O)CCN2C(=O)C3CC=CCC3C2=O)cc1. The van der Waals surface area contributed by atoms with E-state index in [2.05, 4.69) is 5.32 Å². The number of amides is 3. The molecule has 24 heavy (non-hydrogen) atoms. The summed E-state index contributed by atoms with van der Waals surface area (Å²) in [5, 5.41) is 2.83. The summed E-state index contributed by atoms with van der Waals surface area (Å²) in [7, 11) is 0. The molecule has 5 nitrogen and oxygen atoms in total. The Morgan fingerprint density at radius 3 is 2.25 bits per heavy atom. The van der Waals surface area contributed by atoms with Crippen molar-refractivity contribution in [1.82, 2.24) is 10.2 Å². The van der Waals surface area contributed by atoms with E-state index in [0.29, 0.717) is 19.4 Å². The Kier molecular flexibility index (Phi) is 4.79. The highest BCUT2D eigenvalue weighted by atomic mass is 16.2. The second kappa shape index (κ2) is 6.99. The molecule has 0 radical (unpaired) electrons. The van der Waals surface area contributed by atoms with Gasteiger partial charge in [0.25, 0.3) is 0 Å². The van der Waals surface area contributed by atoms with Crippen molar-refractivity contribution in [3.05, 3.63) is 47.5 Å². The lowest BCUT2D eigenvalue weighted by Crippen LogP contribution is -2.35. The van der Waals surface area contributed by atoms with Crippen LogP contribution in [0.25, 0.3) is 0 Å². The fourth-order valence-electron chi connectivity index (χ4n) is 3.30. The number of carbonyl (C=O) groups excluding carboxylic acids is 3. The van der Waals surface area contributed by atoms with Crippen LogP contribution in [0.1, 0.15) is 30.4 Å². The molecule has 1 aromatic rings. The van der Waals surface area contributed by atoms with Gasteiger partial charge in [-0.05, 0) is 25.3 Å². The Morgan fingerprint density at radius 1 is 1.08 bits per heavy atom. The van der Waals surface area contributed by atoms with Gasteiger partial charge in [-0.15, -0.1) is 0 Å². The van der Waals surface area contributed by atoms with Gasteiger partial charge < -0.3 is 5.32 Å². The van der Waals surface area contributed by atoms with E-state index in [0.717, 1.165) is 5.56 Å². The number of allylic oxidation sites excluding steroid dienone is 2. The van der Waals surface area contributed by atoms with Crippen molar-refractivity contribution >= 4 is 17.7 Å². The van der Waals surface area contributed by atoms with E-state index in [-0.39, 0.29) is 42.5 Å². The third-order valence-corrected chi connectivity index (χ3v) is 4.77. The zero-order valence-corrected chi connectivity index (χ0v) is 13.8. The van der Waals surface area contributed by atoms with E-state index in [9.17, 15) is 14.4 Å². The van der Waals surface area contributed by atoms with Gasteiger partial charge in [0.2, 0.25) is 17.7 Å². The van der Waals surface area contributed by atoms with E-state index < -0.39 is 0 Å². The summed E-state index contributed by atoms with van der Waals surface area (Å²) in [4.78, 5) is 37.9. The summed E-state index contributed by atoms with van der Waals surface area (Å²) in [6.07, 6.45) is 5.33. The van der Waals surface area contributed by atoms with Gasteiger partial charge in [-0.1, -0.05) is 42.0 Å². The average Bonchev–Trinajstić information content (AvgIpc) is 2.84. The largest absolute Gasteiger partial charge is 0.352 e. The number of fused-ring (bicyclic) bond motifs is 1. The van der Waals surface area contributed by atoms with Gasteiger partial charge in [0.1, 0.15) is 0 Å². The summed E-state index contributed by atoms with van der Waals surface area (Å²) < 4.78 is 0. The number of nitrogens with one attached hydrogen (secondary N) is 1. The summed E-state index contributed by atoms with van der Waals surface area (Å²) >= 11 is 0. The number of nitrogens with zero attached hydrogens (tertiary/aromatic N) is 1. The van der Waals surface area contributed by atoms with Gasteiger partial charge in [-0.2, -0.15) is 0 Å². The third kappa shape index (κ3) is 3.40. The Balaban J connectivity index is 1.48. The summed E-state index contributed by atoms with van der Waals surface area (Å²) in [6, 6.07) is 7.94. The van der Waals surface area contributed by atoms with Crippen LogP contribution in [0.2, 0.25) is 0 Å². The molecular formula is C19H22N2O3. The highest BCUT2D eigenvalue weighted by molar-refractivity contribution is 6.05. The minimum Gasteiger partial charge on any atom is -0.352 e. The zero-order valence-electron chi connectivity index (χ0n) is 13.8. The molecule has 1 fully saturated rings. The molecule has 0 aromatic heterocycles. The van der Waals surface area contributed by atoms with Crippen molar-refractivity contribution in [3.8, 4) is 0 Å². The smallest absolute Gasteiger partial charge is 0.233 e. The maximum atomic E-state index is 12.3. The number of benzene rings is 1. The van der Waals surface area contributed by atoms with Gasteiger partial charge in [0.15, 0.2) is 0 Å². The van der Waals surface area contributed by atoms with Crippen molar-refractivity contribution in [2.75, 3.05) is 6.54 Å². The first-order valence-corrected chi connectivity index (χ1v) is 8.38. The minimum atomic E-state index is -0.224. The van der Waals surface area contributed by atoms with Gasteiger partial charge in [0, 0.05) is 19.5 Å². The van der Waals surface area contributed by atoms with Gasteiger partial charge in [-0.25, -0.2) is 0 Å². The molecule has 0 saturated carbocycles. The lowest BCUT2D eigenvalue weighted by molar-refractivity contribution is -0.140. The van der Waals surface area contributed by atoms with E-state index >= 15 is 0 Å². The minimum absolute atomic E-state index is 0.124. The molecule has 1 saturated heterocycles. The van der Waals surface area contributed by atoms with Crippen LogP contribution in [0.3, 0.4) is 0 Å². The van der Waals surface area contributed by atoms with Crippen molar-refractivity contribution in [1.29, 1.82) is 0 Å². The number of rotatable bonds is 5. The first kappa shape index (κ1) is 16.4. The molecule has 1 aliphatic heterocycles. The number of aryl methyl sites for hydroxylation is 1. The van der Waals surface area contributed by atoms with Crippen LogP contribution >= 0.6 is 0 Å². The van der Waals surface area contributed by atoms with Crippen molar-refractivity contribution in [2.45, 2.75) is 32.7 Å². The fourth-order valence-corrected chi connectivity index (χ4v) is 3.30. The average molecular weight is 326 g/mol. The number of carbonyl (C=O) groups is 3. The maximum Gasteiger partial charge on any atom is 0.233 e. The van der Waals surface area contributed by atoms with Crippen LogP contribution < -0.4 is 5.32 Å². The van der Waals surface area contributed by atoms with Gasteiger partial charge in [-0.3, -0.25) is 19.3 Å². The maximum absolute atomic E-state index is 12.3. The Morgan fingerprint density at radius 2 is 1.67 bits per heavy atom. The summed E-state index contributed by atoms with van der Waals surface area (Å²) in [5.41, 5.74) is 2.20. The van der Waals surface area contributed by atoms with Crippen LogP contribution in [0.5, 0.6) is 0 Å². The highest BCUT2D eigenvalue weighted by Crippen LogP contribution is 2.34. The molecule has 1 N–H and O–H groups in total. The zero-order chi connectivity index (χ0) is 17.1. The third-order valence-electron chi connectivity index (χ3n) is 4.77. The monoisotopic (exact) mass is 326 g/mol. The standard InChI is InChI=1S/C19H22N2O3/c1-13-6-8-14(9-7-13)12-20-17(22)10-11-21-18(23)15-4-2-3-5-16(15)19(21)24/h2-3,6-9,15-16H,4-5,10-12H2,1H3,(H,20,22). The number of imide groups is 1. The molecule has 1 aromatic carbocycles. The second-order valence-corrected chi connectivity index (χ2v) is 6.50. The normalized spacial score (nSPS) is 22.6. The first-order valence-electron chi connectivity index (χ1n) is 8.38. The Bertz CT molecular complexity index is 652. The Hall–Kier alpha value is -2.43. The molecule has 1 aliphatic carbocycles. The fraction of sp³-hybridized carbons (Fsp3) is 0.421. The molecule has 0 spiro atoms. The topological polar surface area (TPSA) is 66.5 Å². The molecular weight excluding hydrogens is 304 g/mol. The molecule has 3 amide bonds. The highest BCUT2D eigenvalue weighted by Gasteiger charge is 2.46. The number of likely N-dealkylation sites (tertiary alicyclic amines) is 1. The van der Waals surface area contributed by atoms with Crippen LogP contribution in [0.15, 0.2) is 36.4 Å². The lowest BCUT2D eigenvalue weighted by atomic mass is 9.85. The van der Waals surface area contributed by atoms with E-state index in [4.69, 9.17) is 0 Å². The first-order chi connectivity index (χ1) is 11.6. The lowest BCUT2D eigenvalue weighted by Gasteiger charge is -2.14. The molecule has 1 heterocycles. The van der Waals surface area contributed by atoms with E-state index in [1.54, 1.807) is 0 Å². The Labute approximate surface area is 141 Å². The van der Waals surface area contributed by atoms with Crippen LogP contribution in [-0.2, 0) is 20.9 Å².